The molecule has 0 amide bonds. The van der Waals surface area contributed by atoms with Crippen LogP contribution in [0, 0.1) is 34.0 Å². The third-order valence-electron chi connectivity index (χ3n) is 8.53. The van der Waals surface area contributed by atoms with Crippen molar-refractivity contribution >= 4 is 5.97 Å². The Bertz CT molecular complexity index is 506. The van der Waals surface area contributed by atoms with Gasteiger partial charge in [0.15, 0.2) is 0 Å². The van der Waals surface area contributed by atoms with Crippen molar-refractivity contribution in [1.82, 2.24) is 0 Å². The molecule has 132 valence electrons. The lowest BCUT2D eigenvalue weighted by Gasteiger charge is -2.47. The van der Waals surface area contributed by atoms with Gasteiger partial charge in [0.2, 0.25) is 0 Å². The molecule has 4 unspecified atom stereocenters. The second kappa shape index (κ2) is 4.99. The number of rotatable bonds is 3. The van der Waals surface area contributed by atoms with E-state index in [1.807, 2.05) is 13.8 Å². The highest BCUT2D eigenvalue weighted by molar-refractivity contribution is 5.76. The highest BCUT2D eigenvalue weighted by Gasteiger charge is 2.69. The summed E-state index contributed by atoms with van der Waals surface area (Å²) in [7, 11) is 0. The number of carbonyl (C=O) groups excluding carboxylic acids is 1. The van der Waals surface area contributed by atoms with Gasteiger partial charge in [-0.1, -0.05) is 27.7 Å². The SMILES string of the molecule is CCC(C)(C)C(=O)OC1(C)CCC23CC1C(C)(C)C2CC[C@H]3C. The molecule has 0 N–H and O–H groups in total. The predicted octanol–water partition coefficient (Wildman–Crippen LogP) is 5.60. The Kier molecular flexibility index (Phi) is 3.75. The van der Waals surface area contributed by atoms with Gasteiger partial charge in [-0.05, 0) is 82.0 Å². The van der Waals surface area contributed by atoms with Crippen LogP contribution in [0.3, 0.4) is 0 Å². The van der Waals surface area contributed by atoms with Gasteiger partial charge in [-0.3, -0.25) is 4.79 Å². The van der Waals surface area contributed by atoms with E-state index in [0.717, 1.165) is 24.7 Å². The van der Waals surface area contributed by atoms with Crippen molar-refractivity contribution in [3.05, 3.63) is 0 Å². The molecular formula is C21H36O2. The molecule has 3 aliphatic rings. The van der Waals surface area contributed by atoms with Crippen LogP contribution in [0.25, 0.3) is 0 Å². The smallest absolute Gasteiger partial charge is 0.312 e. The van der Waals surface area contributed by atoms with Crippen LogP contribution in [0.5, 0.6) is 0 Å². The fourth-order valence-corrected chi connectivity index (χ4v) is 6.47. The molecule has 5 atom stereocenters. The lowest BCUT2D eigenvalue weighted by molar-refractivity contribution is -0.184. The van der Waals surface area contributed by atoms with Gasteiger partial charge in [0.25, 0.3) is 0 Å². The maximum absolute atomic E-state index is 12.7. The van der Waals surface area contributed by atoms with E-state index in [1.54, 1.807) is 0 Å². The largest absolute Gasteiger partial charge is 0.459 e. The molecule has 2 heteroatoms. The van der Waals surface area contributed by atoms with E-state index in [-0.39, 0.29) is 22.4 Å². The number of carbonyl (C=O) groups is 1. The van der Waals surface area contributed by atoms with E-state index in [9.17, 15) is 4.79 Å². The minimum Gasteiger partial charge on any atom is -0.459 e. The van der Waals surface area contributed by atoms with Crippen molar-refractivity contribution in [3.63, 3.8) is 0 Å². The summed E-state index contributed by atoms with van der Waals surface area (Å²) >= 11 is 0. The van der Waals surface area contributed by atoms with Gasteiger partial charge in [-0.2, -0.15) is 0 Å². The molecule has 1 spiro atoms. The quantitative estimate of drug-likeness (QED) is 0.633. The van der Waals surface area contributed by atoms with Crippen molar-refractivity contribution in [3.8, 4) is 0 Å². The molecule has 3 aliphatic carbocycles. The Labute approximate surface area is 142 Å². The number of fused-ring (bicyclic) bond motifs is 1. The van der Waals surface area contributed by atoms with Crippen LogP contribution in [-0.4, -0.2) is 11.6 Å². The summed E-state index contributed by atoms with van der Waals surface area (Å²) in [6.45, 7) is 15.7. The summed E-state index contributed by atoms with van der Waals surface area (Å²) in [4.78, 5) is 12.7. The summed E-state index contributed by atoms with van der Waals surface area (Å²) in [6.07, 6.45) is 7.15. The van der Waals surface area contributed by atoms with Gasteiger partial charge in [-0.25, -0.2) is 0 Å². The topological polar surface area (TPSA) is 26.3 Å². The first-order chi connectivity index (χ1) is 10.5. The van der Waals surface area contributed by atoms with Crippen molar-refractivity contribution in [1.29, 1.82) is 0 Å². The maximum Gasteiger partial charge on any atom is 0.312 e. The van der Waals surface area contributed by atoms with Crippen LogP contribution in [0.15, 0.2) is 0 Å². The van der Waals surface area contributed by atoms with E-state index in [2.05, 4.69) is 34.6 Å². The normalized spacial score (nSPS) is 44.9. The number of ether oxygens (including phenoxy) is 1. The maximum atomic E-state index is 12.7. The molecular weight excluding hydrogens is 284 g/mol. The standard InChI is InChI=1S/C21H36O2/c1-8-18(3,4)17(22)23-20(7)11-12-21-13-16(20)19(5,6)15(21)10-9-14(21)2/h14-16H,8-13H2,1-7H3/t14-,15?,16?,20?,21?/m1/s1. The van der Waals surface area contributed by atoms with Crippen molar-refractivity contribution in [2.24, 2.45) is 34.0 Å². The summed E-state index contributed by atoms with van der Waals surface area (Å²) in [5, 5.41) is 0. The van der Waals surface area contributed by atoms with E-state index in [4.69, 9.17) is 4.74 Å². The summed E-state index contributed by atoms with van der Waals surface area (Å²) < 4.78 is 6.26. The van der Waals surface area contributed by atoms with Gasteiger partial charge < -0.3 is 4.74 Å². The molecule has 2 nitrogen and oxygen atoms in total. The molecule has 3 saturated carbocycles. The zero-order chi connectivity index (χ0) is 17.3. The minimum absolute atomic E-state index is 0.000595. The first kappa shape index (κ1) is 17.3. The molecule has 0 heterocycles. The summed E-state index contributed by atoms with van der Waals surface area (Å²) in [6, 6.07) is 0. The molecule has 0 aliphatic heterocycles. The van der Waals surface area contributed by atoms with Gasteiger partial charge in [0.05, 0.1) is 5.41 Å². The molecule has 23 heavy (non-hydrogen) atoms. The second-order valence-corrected chi connectivity index (χ2v) is 10.3. The van der Waals surface area contributed by atoms with Crippen LogP contribution in [0.2, 0.25) is 0 Å². The molecule has 0 aromatic heterocycles. The first-order valence-corrected chi connectivity index (χ1v) is 9.73. The van der Waals surface area contributed by atoms with E-state index >= 15 is 0 Å². The van der Waals surface area contributed by atoms with Gasteiger partial charge in [0.1, 0.15) is 5.60 Å². The highest BCUT2D eigenvalue weighted by atomic mass is 16.6. The third kappa shape index (κ3) is 2.23. The van der Waals surface area contributed by atoms with Crippen molar-refractivity contribution in [2.75, 3.05) is 0 Å². The second-order valence-electron chi connectivity index (χ2n) is 10.3. The Morgan fingerprint density at radius 1 is 1.13 bits per heavy atom. The predicted molar refractivity (Wildman–Crippen MR) is 94.0 cm³/mol. The van der Waals surface area contributed by atoms with Crippen molar-refractivity contribution in [2.45, 2.75) is 92.6 Å². The molecule has 0 aromatic carbocycles. The Morgan fingerprint density at radius 2 is 1.78 bits per heavy atom. The fraction of sp³-hybridized carbons (Fsp3) is 0.952. The molecule has 0 saturated heterocycles. The first-order valence-electron chi connectivity index (χ1n) is 9.73. The summed E-state index contributed by atoms with van der Waals surface area (Å²) in [5.41, 5.74) is 0.166. The monoisotopic (exact) mass is 320 g/mol. The van der Waals surface area contributed by atoms with Crippen LogP contribution in [0.4, 0.5) is 0 Å². The van der Waals surface area contributed by atoms with Crippen LogP contribution in [-0.2, 0) is 9.53 Å². The molecule has 2 bridgehead atoms. The van der Waals surface area contributed by atoms with Gasteiger partial charge >= 0.3 is 5.97 Å². The Hall–Kier alpha value is -0.530. The van der Waals surface area contributed by atoms with Gasteiger partial charge in [-0.15, -0.1) is 0 Å². The van der Waals surface area contributed by atoms with Crippen LogP contribution >= 0.6 is 0 Å². The number of hydrogen-bond acceptors (Lipinski definition) is 2. The number of esters is 1. The Morgan fingerprint density at radius 3 is 2.39 bits per heavy atom. The average molecular weight is 321 g/mol. The van der Waals surface area contributed by atoms with E-state index in [0.29, 0.717) is 11.3 Å². The zero-order valence-corrected chi connectivity index (χ0v) is 16.3. The number of hydrogen-bond donors (Lipinski definition) is 0. The highest BCUT2D eigenvalue weighted by Crippen LogP contribution is 2.73. The van der Waals surface area contributed by atoms with Crippen LogP contribution in [0.1, 0.15) is 87.0 Å². The van der Waals surface area contributed by atoms with E-state index < -0.39 is 0 Å². The Balaban J connectivity index is 1.89. The summed E-state index contributed by atoms with van der Waals surface area (Å²) in [5.74, 6) is 2.16. The minimum atomic E-state index is -0.371. The molecule has 0 aromatic rings. The lowest BCUT2D eigenvalue weighted by atomic mass is 9.64. The molecule has 3 fully saturated rings. The fourth-order valence-electron chi connectivity index (χ4n) is 6.47. The van der Waals surface area contributed by atoms with Crippen molar-refractivity contribution < 1.29 is 9.53 Å². The third-order valence-corrected chi connectivity index (χ3v) is 8.53. The van der Waals surface area contributed by atoms with Crippen LogP contribution < -0.4 is 0 Å². The lowest BCUT2D eigenvalue weighted by Crippen LogP contribution is -2.49. The molecule has 0 radical (unpaired) electrons. The zero-order valence-electron chi connectivity index (χ0n) is 16.3. The van der Waals surface area contributed by atoms with Gasteiger partial charge in [0, 0.05) is 5.92 Å². The molecule has 3 rings (SSSR count). The van der Waals surface area contributed by atoms with E-state index in [1.165, 1.54) is 25.7 Å². The average Bonchev–Trinajstić information content (AvgIpc) is 2.89.